The van der Waals surface area contributed by atoms with Crippen molar-refractivity contribution in [1.29, 1.82) is 0 Å². The van der Waals surface area contributed by atoms with Crippen LogP contribution in [0.2, 0.25) is 0 Å². The lowest BCUT2D eigenvalue weighted by Crippen LogP contribution is -2.23. The molecule has 20 heavy (non-hydrogen) atoms. The highest BCUT2D eigenvalue weighted by Gasteiger charge is 2.11. The Balaban J connectivity index is 2.81. The molecule has 114 valence electrons. The van der Waals surface area contributed by atoms with Crippen LogP contribution in [-0.2, 0) is 25.7 Å². The molecule has 1 aromatic rings. The van der Waals surface area contributed by atoms with E-state index in [-0.39, 0.29) is 0 Å². The highest BCUT2D eigenvalue weighted by molar-refractivity contribution is 5.27. The topological polar surface area (TPSA) is 37.8 Å². The second-order valence-electron chi connectivity index (χ2n) is 5.82. The monoisotopic (exact) mass is 277 g/mol. The zero-order valence-electron chi connectivity index (χ0n) is 13.9. The van der Waals surface area contributed by atoms with Crippen molar-refractivity contribution in [3.63, 3.8) is 0 Å². The minimum absolute atomic E-state index is 0.703. The summed E-state index contributed by atoms with van der Waals surface area (Å²) < 4.78 is 0. The maximum Gasteiger partial charge on any atom is 0.128 e. The maximum atomic E-state index is 4.76. The Labute approximate surface area is 124 Å². The molecular weight excluding hydrogens is 246 g/mol. The molecule has 1 heterocycles. The van der Waals surface area contributed by atoms with E-state index in [0.717, 1.165) is 51.0 Å². The third-order valence-corrected chi connectivity index (χ3v) is 3.47. The van der Waals surface area contributed by atoms with Crippen LogP contribution >= 0.6 is 0 Å². The van der Waals surface area contributed by atoms with Crippen LogP contribution in [0.4, 0.5) is 0 Å². The van der Waals surface area contributed by atoms with Gasteiger partial charge in [0.15, 0.2) is 0 Å². The minimum Gasteiger partial charge on any atom is -0.316 e. The molecule has 0 bridgehead atoms. The second kappa shape index (κ2) is 9.06. The zero-order chi connectivity index (χ0) is 15.0. The number of hydrogen-bond acceptors (Lipinski definition) is 3. The fourth-order valence-electron chi connectivity index (χ4n) is 2.45. The number of aryl methyl sites for hydroxylation is 3. The predicted molar refractivity (Wildman–Crippen MR) is 86.2 cm³/mol. The molecule has 1 rings (SSSR count). The van der Waals surface area contributed by atoms with E-state index in [1.54, 1.807) is 0 Å². The third kappa shape index (κ3) is 5.20. The molecule has 0 aliphatic rings. The van der Waals surface area contributed by atoms with E-state index < -0.39 is 0 Å². The smallest absolute Gasteiger partial charge is 0.128 e. The molecular formula is C17H31N3. The molecule has 0 spiro atoms. The van der Waals surface area contributed by atoms with Gasteiger partial charge in [0.25, 0.3) is 0 Å². The predicted octanol–water partition coefficient (Wildman–Crippen LogP) is 3.34. The Bertz CT molecular complexity index is 374. The van der Waals surface area contributed by atoms with Crippen molar-refractivity contribution in [2.75, 3.05) is 13.1 Å². The fourth-order valence-corrected chi connectivity index (χ4v) is 2.45. The molecule has 0 atom stereocenters. The molecule has 0 saturated heterocycles. The lowest BCUT2D eigenvalue weighted by atomic mass is 10.0. The summed E-state index contributed by atoms with van der Waals surface area (Å²) in [6.45, 7) is 13.2. The molecule has 0 amide bonds. The molecule has 0 saturated carbocycles. The number of rotatable bonds is 9. The minimum atomic E-state index is 0.703. The molecule has 1 aromatic heterocycles. The Kier molecular flexibility index (Phi) is 7.75. The SMILES string of the molecule is CCCc1nc(CC)c(CCNCC(C)C)c(CC)n1. The molecule has 0 fully saturated rings. The van der Waals surface area contributed by atoms with Crippen molar-refractivity contribution in [1.82, 2.24) is 15.3 Å². The number of nitrogens with zero attached hydrogens (tertiary/aromatic N) is 2. The Morgan fingerprint density at radius 2 is 1.55 bits per heavy atom. The highest BCUT2D eigenvalue weighted by Crippen LogP contribution is 2.15. The van der Waals surface area contributed by atoms with Gasteiger partial charge in [-0.15, -0.1) is 0 Å². The molecule has 0 aliphatic carbocycles. The first-order chi connectivity index (χ1) is 9.62. The van der Waals surface area contributed by atoms with Crippen LogP contribution in [0.3, 0.4) is 0 Å². The van der Waals surface area contributed by atoms with Gasteiger partial charge in [0, 0.05) is 17.8 Å². The molecule has 3 nitrogen and oxygen atoms in total. The first-order valence-corrected chi connectivity index (χ1v) is 8.20. The second-order valence-corrected chi connectivity index (χ2v) is 5.82. The van der Waals surface area contributed by atoms with E-state index in [1.165, 1.54) is 17.0 Å². The fraction of sp³-hybridized carbons (Fsp3) is 0.765. The molecule has 0 unspecified atom stereocenters. The van der Waals surface area contributed by atoms with Crippen molar-refractivity contribution in [2.45, 2.75) is 66.7 Å². The van der Waals surface area contributed by atoms with E-state index in [9.17, 15) is 0 Å². The highest BCUT2D eigenvalue weighted by atomic mass is 14.9. The summed E-state index contributed by atoms with van der Waals surface area (Å²) in [5, 5.41) is 3.52. The summed E-state index contributed by atoms with van der Waals surface area (Å²) >= 11 is 0. The standard InChI is InChI=1S/C17H31N3/c1-6-9-17-19-15(7-2)14(16(8-3)20-17)10-11-18-12-13(4)5/h13,18H,6-12H2,1-5H3. The summed E-state index contributed by atoms with van der Waals surface area (Å²) in [5.41, 5.74) is 3.89. The van der Waals surface area contributed by atoms with Gasteiger partial charge >= 0.3 is 0 Å². The van der Waals surface area contributed by atoms with E-state index in [4.69, 9.17) is 9.97 Å². The van der Waals surface area contributed by atoms with Crippen molar-refractivity contribution in [2.24, 2.45) is 5.92 Å². The number of nitrogens with one attached hydrogen (secondary N) is 1. The van der Waals surface area contributed by atoms with Crippen LogP contribution in [0.5, 0.6) is 0 Å². The van der Waals surface area contributed by atoms with Gasteiger partial charge in [-0.05, 0) is 50.3 Å². The van der Waals surface area contributed by atoms with Gasteiger partial charge in [0.2, 0.25) is 0 Å². The van der Waals surface area contributed by atoms with Crippen molar-refractivity contribution in [3.8, 4) is 0 Å². The van der Waals surface area contributed by atoms with Crippen LogP contribution in [-0.4, -0.2) is 23.1 Å². The van der Waals surface area contributed by atoms with Crippen LogP contribution in [0, 0.1) is 5.92 Å². The Hall–Kier alpha value is -0.960. The summed E-state index contributed by atoms with van der Waals surface area (Å²) in [7, 11) is 0. The van der Waals surface area contributed by atoms with Crippen molar-refractivity contribution >= 4 is 0 Å². The van der Waals surface area contributed by atoms with Gasteiger partial charge < -0.3 is 5.32 Å². The molecule has 0 aliphatic heterocycles. The molecule has 0 radical (unpaired) electrons. The van der Waals surface area contributed by atoms with Crippen molar-refractivity contribution < 1.29 is 0 Å². The van der Waals surface area contributed by atoms with Gasteiger partial charge in [0.1, 0.15) is 5.82 Å². The quantitative estimate of drug-likeness (QED) is 0.703. The molecule has 3 heteroatoms. The van der Waals surface area contributed by atoms with Crippen LogP contribution in [0.25, 0.3) is 0 Å². The van der Waals surface area contributed by atoms with Gasteiger partial charge in [-0.25, -0.2) is 9.97 Å². The van der Waals surface area contributed by atoms with E-state index >= 15 is 0 Å². The van der Waals surface area contributed by atoms with E-state index in [0.29, 0.717) is 5.92 Å². The Morgan fingerprint density at radius 3 is 2.00 bits per heavy atom. The summed E-state index contributed by atoms with van der Waals surface area (Å²) in [6.07, 6.45) is 5.16. The molecule has 1 N–H and O–H groups in total. The van der Waals surface area contributed by atoms with Crippen molar-refractivity contribution in [3.05, 3.63) is 22.8 Å². The molecule has 0 aromatic carbocycles. The van der Waals surface area contributed by atoms with Crippen LogP contribution < -0.4 is 5.32 Å². The number of hydrogen-bond donors (Lipinski definition) is 1. The van der Waals surface area contributed by atoms with Gasteiger partial charge in [0.05, 0.1) is 0 Å². The van der Waals surface area contributed by atoms with Gasteiger partial charge in [-0.1, -0.05) is 34.6 Å². The zero-order valence-corrected chi connectivity index (χ0v) is 13.9. The summed E-state index contributed by atoms with van der Waals surface area (Å²) in [4.78, 5) is 9.53. The lowest BCUT2D eigenvalue weighted by Gasteiger charge is -2.14. The normalized spacial score (nSPS) is 11.3. The maximum absolute atomic E-state index is 4.76. The average Bonchev–Trinajstić information content (AvgIpc) is 2.43. The van der Waals surface area contributed by atoms with E-state index in [2.05, 4.69) is 39.9 Å². The van der Waals surface area contributed by atoms with Gasteiger partial charge in [-0.2, -0.15) is 0 Å². The average molecular weight is 277 g/mol. The first kappa shape index (κ1) is 17.1. The number of aromatic nitrogens is 2. The van der Waals surface area contributed by atoms with Crippen LogP contribution in [0.1, 0.15) is 63.8 Å². The summed E-state index contributed by atoms with van der Waals surface area (Å²) in [6, 6.07) is 0. The third-order valence-electron chi connectivity index (χ3n) is 3.47. The lowest BCUT2D eigenvalue weighted by molar-refractivity contribution is 0.552. The van der Waals surface area contributed by atoms with Gasteiger partial charge in [-0.3, -0.25) is 0 Å². The van der Waals surface area contributed by atoms with E-state index in [1.807, 2.05) is 0 Å². The largest absolute Gasteiger partial charge is 0.316 e. The Morgan fingerprint density at radius 1 is 0.950 bits per heavy atom. The first-order valence-electron chi connectivity index (χ1n) is 8.20. The van der Waals surface area contributed by atoms with Crippen LogP contribution in [0.15, 0.2) is 0 Å². The summed E-state index contributed by atoms with van der Waals surface area (Å²) in [5.74, 6) is 1.73.